The van der Waals surface area contributed by atoms with Gasteiger partial charge >= 0.3 is 0 Å². The Morgan fingerprint density at radius 1 is 1.05 bits per heavy atom. The minimum atomic E-state index is 0.149. The van der Waals surface area contributed by atoms with Crippen LogP contribution in [0.2, 0.25) is 10.0 Å². The molecule has 0 saturated heterocycles. The molecule has 0 fully saturated rings. The molecule has 0 spiro atoms. The van der Waals surface area contributed by atoms with E-state index in [2.05, 4.69) is 38.2 Å². The first kappa shape index (κ1) is 16.4. The Morgan fingerprint density at radius 2 is 1.67 bits per heavy atom. The Hall–Kier alpha value is -1.02. The quantitative estimate of drug-likeness (QED) is 0.792. The zero-order valence-electron chi connectivity index (χ0n) is 12.9. The Labute approximate surface area is 137 Å². The summed E-state index contributed by atoms with van der Waals surface area (Å²) in [5.74, 6) is 0. The third-order valence-corrected chi connectivity index (χ3v) is 4.79. The molecule has 1 atom stereocenters. The molecular formula is C18H21Cl2N. The second-order valence-electron chi connectivity index (χ2n) is 5.57. The van der Waals surface area contributed by atoms with Crippen LogP contribution in [0, 0.1) is 20.8 Å². The predicted molar refractivity (Wildman–Crippen MR) is 92.6 cm³/mol. The molecule has 21 heavy (non-hydrogen) atoms. The molecule has 1 nitrogen and oxygen atoms in total. The van der Waals surface area contributed by atoms with Gasteiger partial charge < -0.3 is 5.32 Å². The van der Waals surface area contributed by atoms with E-state index >= 15 is 0 Å². The van der Waals surface area contributed by atoms with Crippen molar-refractivity contribution in [3.8, 4) is 0 Å². The van der Waals surface area contributed by atoms with Crippen LogP contribution in [0.15, 0.2) is 30.3 Å². The zero-order chi connectivity index (χ0) is 15.6. The molecule has 3 heteroatoms. The molecule has 0 aromatic heterocycles. The second kappa shape index (κ2) is 6.83. The average molecular weight is 322 g/mol. The van der Waals surface area contributed by atoms with Crippen LogP contribution in [0.5, 0.6) is 0 Å². The highest BCUT2D eigenvalue weighted by molar-refractivity contribution is 6.42. The van der Waals surface area contributed by atoms with Gasteiger partial charge in [0.05, 0.1) is 10.0 Å². The van der Waals surface area contributed by atoms with Gasteiger partial charge in [0.2, 0.25) is 0 Å². The van der Waals surface area contributed by atoms with Crippen molar-refractivity contribution in [1.82, 2.24) is 5.32 Å². The molecular weight excluding hydrogens is 301 g/mol. The van der Waals surface area contributed by atoms with Crippen molar-refractivity contribution in [3.05, 3.63) is 68.2 Å². The van der Waals surface area contributed by atoms with Crippen LogP contribution in [0.25, 0.3) is 0 Å². The number of benzene rings is 2. The van der Waals surface area contributed by atoms with E-state index in [-0.39, 0.29) is 6.04 Å². The number of halogens is 2. The molecule has 2 aromatic carbocycles. The summed E-state index contributed by atoms with van der Waals surface area (Å²) in [6.07, 6.45) is 0.897. The minimum absolute atomic E-state index is 0.149. The molecule has 0 aliphatic heterocycles. The van der Waals surface area contributed by atoms with Crippen LogP contribution in [-0.4, -0.2) is 7.05 Å². The smallest absolute Gasteiger partial charge is 0.0640 e. The fourth-order valence-corrected chi connectivity index (χ4v) is 3.33. The molecule has 0 heterocycles. The number of rotatable bonds is 4. The van der Waals surface area contributed by atoms with E-state index in [1.54, 1.807) is 0 Å². The fourth-order valence-electron chi connectivity index (χ4n) is 2.89. The van der Waals surface area contributed by atoms with Gasteiger partial charge in [-0.25, -0.2) is 0 Å². The van der Waals surface area contributed by atoms with Gasteiger partial charge in [-0.3, -0.25) is 0 Å². The molecule has 1 unspecified atom stereocenters. The van der Waals surface area contributed by atoms with E-state index in [4.69, 9.17) is 23.2 Å². The summed E-state index contributed by atoms with van der Waals surface area (Å²) in [6, 6.07) is 10.4. The Balaban J connectivity index is 2.38. The van der Waals surface area contributed by atoms with E-state index in [0.29, 0.717) is 10.0 Å². The van der Waals surface area contributed by atoms with Gasteiger partial charge in [0.25, 0.3) is 0 Å². The summed E-state index contributed by atoms with van der Waals surface area (Å²) in [5.41, 5.74) is 6.37. The molecule has 1 N–H and O–H groups in total. The molecule has 0 saturated carbocycles. The lowest BCUT2D eigenvalue weighted by Crippen LogP contribution is -2.20. The summed E-state index contributed by atoms with van der Waals surface area (Å²) in [4.78, 5) is 0. The lowest BCUT2D eigenvalue weighted by molar-refractivity contribution is 0.589. The van der Waals surface area contributed by atoms with Crippen LogP contribution >= 0.6 is 23.2 Å². The van der Waals surface area contributed by atoms with Gasteiger partial charge in [0.15, 0.2) is 0 Å². The standard InChI is InChI=1S/C18H21Cl2N/c1-11-8-12(2)15(13(3)9-11)10-17(21-4)14-6-5-7-16(19)18(14)20/h5-9,17,21H,10H2,1-4H3. The molecule has 2 rings (SSSR count). The molecule has 0 amide bonds. The van der Waals surface area contributed by atoms with Gasteiger partial charge in [0, 0.05) is 6.04 Å². The summed E-state index contributed by atoms with van der Waals surface area (Å²) < 4.78 is 0. The minimum Gasteiger partial charge on any atom is -0.313 e. The average Bonchev–Trinajstić information content (AvgIpc) is 2.42. The first-order valence-corrected chi connectivity index (χ1v) is 7.87. The second-order valence-corrected chi connectivity index (χ2v) is 6.35. The molecule has 0 aliphatic carbocycles. The topological polar surface area (TPSA) is 12.0 Å². The van der Waals surface area contributed by atoms with Crippen LogP contribution < -0.4 is 5.32 Å². The lowest BCUT2D eigenvalue weighted by atomic mass is 9.91. The summed E-state index contributed by atoms with van der Waals surface area (Å²) in [5, 5.41) is 4.60. The highest BCUT2D eigenvalue weighted by Gasteiger charge is 2.17. The highest BCUT2D eigenvalue weighted by atomic mass is 35.5. The van der Waals surface area contributed by atoms with E-state index in [0.717, 1.165) is 12.0 Å². The van der Waals surface area contributed by atoms with Crippen molar-refractivity contribution >= 4 is 23.2 Å². The summed E-state index contributed by atoms with van der Waals surface area (Å²) in [7, 11) is 1.96. The van der Waals surface area contributed by atoms with Crippen molar-refractivity contribution in [2.75, 3.05) is 7.05 Å². The monoisotopic (exact) mass is 321 g/mol. The van der Waals surface area contributed by atoms with Gasteiger partial charge in [-0.2, -0.15) is 0 Å². The maximum absolute atomic E-state index is 6.37. The summed E-state index contributed by atoms with van der Waals surface area (Å²) in [6.45, 7) is 6.47. The van der Waals surface area contributed by atoms with Crippen molar-refractivity contribution in [2.24, 2.45) is 0 Å². The maximum atomic E-state index is 6.37. The van der Waals surface area contributed by atoms with Crippen molar-refractivity contribution in [3.63, 3.8) is 0 Å². The Bertz CT molecular complexity index is 627. The van der Waals surface area contributed by atoms with Crippen LogP contribution in [0.1, 0.15) is 33.9 Å². The molecule has 112 valence electrons. The Kier molecular flexibility index (Phi) is 5.32. The maximum Gasteiger partial charge on any atom is 0.0640 e. The lowest BCUT2D eigenvalue weighted by Gasteiger charge is -2.21. The van der Waals surface area contributed by atoms with Crippen LogP contribution in [0.3, 0.4) is 0 Å². The van der Waals surface area contributed by atoms with Gasteiger partial charge in [-0.1, -0.05) is 53.0 Å². The van der Waals surface area contributed by atoms with Crippen LogP contribution in [0.4, 0.5) is 0 Å². The van der Waals surface area contributed by atoms with Crippen LogP contribution in [-0.2, 0) is 6.42 Å². The molecule has 0 radical (unpaired) electrons. The highest BCUT2D eigenvalue weighted by Crippen LogP contribution is 2.32. The SMILES string of the molecule is CNC(Cc1c(C)cc(C)cc1C)c1cccc(Cl)c1Cl. The van der Waals surface area contributed by atoms with E-state index in [1.165, 1.54) is 22.3 Å². The summed E-state index contributed by atoms with van der Waals surface area (Å²) >= 11 is 12.5. The van der Waals surface area contributed by atoms with Crippen molar-refractivity contribution in [1.29, 1.82) is 0 Å². The van der Waals surface area contributed by atoms with E-state index in [1.807, 2.05) is 25.2 Å². The third-order valence-electron chi connectivity index (χ3n) is 3.95. The fraction of sp³-hybridized carbons (Fsp3) is 0.333. The van der Waals surface area contributed by atoms with Gasteiger partial charge in [-0.15, -0.1) is 0 Å². The molecule has 0 aliphatic rings. The third kappa shape index (κ3) is 3.60. The van der Waals surface area contributed by atoms with Crippen molar-refractivity contribution < 1.29 is 0 Å². The number of hydrogen-bond donors (Lipinski definition) is 1. The number of nitrogens with one attached hydrogen (secondary N) is 1. The molecule has 2 aromatic rings. The van der Waals surface area contributed by atoms with Crippen molar-refractivity contribution in [2.45, 2.75) is 33.2 Å². The zero-order valence-corrected chi connectivity index (χ0v) is 14.4. The first-order chi connectivity index (χ1) is 9.93. The van der Waals surface area contributed by atoms with Gasteiger partial charge in [-0.05, 0) is 62.6 Å². The number of hydrogen-bond acceptors (Lipinski definition) is 1. The largest absolute Gasteiger partial charge is 0.313 e. The number of aryl methyl sites for hydroxylation is 3. The van der Waals surface area contributed by atoms with E-state index in [9.17, 15) is 0 Å². The van der Waals surface area contributed by atoms with E-state index < -0.39 is 0 Å². The predicted octanol–water partition coefficient (Wildman–Crippen LogP) is 5.42. The Morgan fingerprint density at radius 3 is 2.24 bits per heavy atom. The first-order valence-electron chi connectivity index (χ1n) is 7.12. The molecule has 0 bridgehead atoms. The normalized spacial score (nSPS) is 12.5. The number of likely N-dealkylation sites (N-methyl/N-ethyl adjacent to an activating group) is 1. The van der Waals surface area contributed by atoms with Gasteiger partial charge in [0.1, 0.15) is 0 Å².